The minimum atomic E-state index is -1.05. The van der Waals surface area contributed by atoms with Crippen LogP contribution in [-0.4, -0.2) is 10.8 Å². The monoisotopic (exact) mass is 291 g/mol. The van der Waals surface area contributed by atoms with Gasteiger partial charge in [0.15, 0.2) is 17.4 Å². The van der Waals surface area contributed by atoms with Gasteiger partial charge in [-0.15, -0.1) is 0 Å². The lowest BCUT2D eigenvalue weighted by Crippen LogP contribution is -2.01. The second kappa shape index (κ2) is 4.72. The van der Waals surface area contributed by atoms with Crippen molar-refractivity contribution < 1.29 is 13.6 Å². The molecule has 0 radical (unpaired) electrons. The first-order valence-electron chi connectivity index (χ1n) is 5.83. The second-order valence-corrected chi connectivity index (χ2v) is 4.73. The fraction of sp³-hybridized carbons (Fsp3) is 0. The van der Waals surface area contributed by atoms with Crippen LogP contribution < -0.4 is 0 Å². The highest BCUT2D eigenvalue weighted by Gasteiger charge is 2.16. The molecule has 100 valence electrons. The fourth-order valence-corrected chi connectivity index (χ4v) is 2.33. The first-order chi connectivity index (χ1) is 9.58. The molecule has 0 bridgehead atoms. The maximum absolute atomic E-state index is 13.2. The third kappa shape index (κ3) is 1.98. The Morgan fingerprint density at radius 2 is 1.90 bits per heavy atom. The number of halogens is 3. The van der Waals surface area contributed by atoms with Gasteiger partial charge in [0.2, 0.25) is 0 Å². The normalized spacial score (nSPS) is 10.9. The summed E-state index contributed by atoms with van der Waals surface area (Å²) in [6, 6.07) is 8.24. The van der Waals surface area contributed by atoms with E-state index in [-0.39, 0.29) is 5.56 Å². The minimum Gasteiger partial charge on any atom is -0.359 e. The molecule has 5 heteroatoms. The fourth-order valence-electron chi connectivity index (χ4n) is 2.10. The Kier molecular flexibility index (Phi) is 3.03. The van der Waals surface area contributed by atoms with Crippen LogP contribution in [0.15, 0.2) is 42.6 Å². The van der Waals surface area contributed by atoms with Crippen molar-refractivity contribution in [2.45, 2.75) is 0 Å². The molecule has 0 atom stereocenters. The summed E-state index contributed by atoms with van der Waals surface area (Å²) in [6.45, 7) is 0. The van der Waals surface area contributed by atoms with Crippen molar-refractivity contribution in [1.82, 2.24) is 4.98 Å². The lowest BCUT2D eigenvalue weighted by Gasteiger charge is -2.01. The van der Waals surface area contributed by atoms with E-state index in [2.05, 4.69) is 4.98 Å². The molecule has 0 aliphatic rings. The van der Waals surface area contributed by atoms with E-state index in [9.17, 15) is 13.6 Å². The molecule has 1 N–H and O–H groups in total. The minimum absolute atomic E-state index is 0.0878. The van der Waals surface area contributed by atoms with Crippen LogP contribution in [0.2, 0.25) is 5.02 Å². The summed E-state index contributed by atoms with van der Waals surface area (Å²) in [6.07, 6.45) is 1.51. The summed E-state index contributed by atoms with van der Waals surface area (Å²) in [5.74, 6) is -2.42. The lowest BCUT2D eigenvalue weighted by atomic mass is 10.0. The first kappa shape index (κ1) is 12.8. The molecular formula is C15H8ClF2NO. The summed E-state index contributed by atoms with van der Waals surface area (Å²) in [5.41, 5.74) is 1.10. The Labute approximate surface area is 118 Å². The molecule has 0 aliphatic heterocycles. The molecule has 3 aromatic rings. The van der Waals surface area contributed by atoms with Crippen LogP contribution in [0.5, 0.6) is 0 Å². The highest BCUT2D eigenvalue weighted by Crippen LogP contribution is 2.27. The number of carbonyl (C=O) groups excluding carboxylic acids is 1. The topological polar surface area (TPSA) is 32.9 Å². The van der Waals surface area contributed by atoms with E-state index in [1.54, 1.807) is 18.2 Å². The SMILES string of the molecule is O=C(c1ccc(F)c(F)c1)c1c[nH]c2c(Cl)cccc12. The van der Waals surface area contributed by atoms with Crippen LogP contribution in [0.3, 0.4) is 0 Å². The highest BCUT2D eigenvalue weighted by atomic mass is 35.5. The van der Waals surface area contributed by atoms with Gasteiger partial charge in [0.25, 0.3) is 0 Å². The predicted molar refractivity (Wildman–Crippen MR) is 73.1 cm³/mol. The number of para-hydroxylation sites is 1. The molecule has 1 heterocycles. The van der Waals surface area contributed by atoms with E-state index in [1.807, 2.05) is 0 Å². The lowest BCUT2D eigenvalue weighted by molar-refractivity contribution is 0.104. The van der Waals surface area contributed by atoms with Gasteiger partial charge in [-0.25, -0.2) is 8.78 Å². The molecular weight excluding hydrogens is 284 g/mol. The van der Waals surface area contributed by atoms with Gasteiger partial charge in [0, 0.05) is 22.7 Å². The van der Waals surface area contributed by atoms with E-state index in [0.717, 1.165) is 12.1 Å². The van der Waals surface area contributed by atoms with E-state index in [4.69, 9.17) is 11.6 Å². The Hall–Kier alpha value is -2.20. The van der Waals surface area contributed by atoms with Gasteiger partial charge in [-0.3, -0.25) is 4.79 Å². The van der Waals surface area contributed by atoms with E-state index in [0.29, 0.717) is 21.5 Å². The summed E-state index contributed by atoms with van der Waals surface area (Å²) in [5, 5.41) is 1.14. The maximum atomic E-state index is 13.2. The van der Waals surface area contributed by atoms with Crippen LogP contribution in [-0.2, 0) is 0 Å². The Morgan fingerprint density at radius 1 is 1.10 bits per heavy atom. The van der Waals surface area contributed by atoms with Crippen LogP contribution >= 0.6 is 11.6 Å². The number of hydrogen-bond acceptors (Lipinski definition) is 1. The van der Waals surface area contributed by atoms with Crippen LogP contribution in [0, 0.1) is 11.6 Å². The van der Waals surface area contributed by atoms with Crippen molar-refractivity contribution in [3.63, 3.8) is 0 Å². The van der Waals surface area contributed by atoms with Gasteiger partial charge in [-0.05, 0) is 24.3 Å². The number of aromatic amines is 1. The van der Waals surface area contributed by atoms with Crippen molar-refractivity contribution in [3.8, 4) is 0 Å². The zero-order valence-corrected chi connectivity index (χ0v) is 10.8. The second-order valence-electron chi connectivity index (χ2n) is 4.32. The largest absolute Gasteiger partial charge is 0.359 e. The molecule has 2 aromatic carbocycles. The van der Waals surface area contributed by atoms with Gasteiger partial charge in [0.05, 0.1) is 10.5 Å². The predicted octanol–water partition coefficient (Wildman–Crippen LogP) is 4.33. The van der Waals surface area contributed by atoms with Crippen molar-refractivity contribution in [1.29, 1.82) is 0 Å². The van der Waals surface area contributed by atoms with Gasteiger partial charge in [0.1, 0.15) is 0 Å². The molecule has 0 unspecified atom stereocenters. The average molecular weight is 292 g/mol. The standard InChI is InChI=1S/C15H8ClF2NO/c16-11-3-1-2-9-10(7-19-14(9)11)15(20)8-4-5-12(17)13(18)6-8/h1-7,19H. The summed E-state index contributed by atoms with van der Waals surface area (Å²) >= 11 is 6.01. The number of benzene rings is 2. The van der Waals surface area contributed by atoms with Crippen LogP contribution in [0.4, 0.5) is 8.78 Å². The number of carbonyl (C=O) groups is 1. The molecule has 0 saturated carbocycles. The van der Waals surface area contributed by atoms with Gasteiger partial charge < -0.3 is 4.98 Å². The number of rotatable bonds is 2. The number of nitrogens with one attached hydrogen (secondary N) is 1. The molecule has 0 spiro atoms. The maximum Gasteiger partial charge on any atom is 0.195 e. The molecule has 0 amide bonds. The number of H-pyrrole nitrogens is 1. The van der Waals surface area contributed by atoms with Crippen LogP contribution in [0.1, 0.15) is 15.9 Å². The third-order valence-corrected chi connectivity index (χ3v) is 3.41. The summed E-state index contributed by atoms with van der Waals surface area (Å²) in [4.78, 5) is 15.3. The highest BCUT2D eigenvalue weighted by molar-refractivity contribution is 6.35. The van der Waals surface area contributed by atoms with Crippen molar-refractivity contribution in [3.05, 3.63) is 70.4 Å². The number of fused-ring (bicyclic) bond motifs is 1. The molecule has 20 heavy (non-hydrogen) atoms. The molecule has 0 fully saturated rings. The molecule has 0 saturated heterocycles. The van der Waals surface area contributed by atoms with Crippen LogP contribution in [0.25, 0.3) is 10.9 Å². The Bertz CT molecular complexity index is 826. The van der Waals surface area contributed by atoms with Gasteiger partial charge >= 0.3 is 0 Å². The van der Waals surface area contributed by atoms with Crippen molar-refractivity contribution >= 4 is 28.3 Å². The molecule has 1 aromatic heterocycles. The third-order valence-electron chi connectivity index (χ3n) is 3.09. The summed E-state index contributed by atoms with van der Waals surface area (Å²) < 4.78 is 26.1. The van der Waals surface area contributed by atoms with Gasteiger partial charge in [-0.2, -0.15) is 0 Å². The van der Waals surface area contributed by atoms with Gasteiger partial charge in [-0.1, -0.05) is 23.7 Å². The van der Waals surface area contributed by atoms with E-state index >= 15 is 0 Å². The average Bonchev–Trinajstić information content (AvgIpc) is 2.86. The Morgan fingerprint density at radius 3 is 2.65 bits per heavy atom. The van der Waals surface area contributed by atoms with Crippen molar-refractivity contribution in [2.24, 2.45) is 0 Å². The first-order valence-corrected chi connectivity index (χ1v) is 6.21. The quantitative estimate of drug-likeness (QED) is 0.700. The Balaban J connectivity index is 2.13. The summed E-state index contributed by atoms with van der Waals surface area (Å²) in [7, 11) is 0. The smallest absolute Gasteiger partial charge is 0.195 e. The number of ketones is 1. The molecule has 2 nitrogen and oxygen atoms in total. The number of hydrogen-bond donors (Lipinski definition) is 1. The molecule has 0 aliphatic carbocycles. The van der Waals surface area contributed by atoms with E-state index in [1.165, 1.54) is 12.3 Å². The number of aromatic nitrogens is 1. The van der Waals surface area contributed by atoms with Crippen molar-refractivity contribution in [2.75, 3.05) is 0 Å². The zero-order valence-electron chi connectivity index (χ0n) is 10.1. The molecule has 3 rings (SSSR count). The zero-order chi connectivity index (χ0) is 14.3. The van der Waals surface area contributed by atoms with E-state index < -0.39 is 17.4 Å².